The zero-order valence-corrected chi connectivity index (χ0v) is 21.1. The summed E-state index contributed by atoms with van der Waals surface area (Å²) in [6, 6.07) is 0. The largest absolute Gasteiger partial charge is 1.00 e. The van der Waals surface area contributed by atoms with Gasteiger partial charge in [0.05, 0.1) is 12.6 Å². The Labute approximate surface area is 213 Å². The third-order valence-corrected chi connectivity index (χ3v) is 4.77. The van der Waals surface area contributed by atoms with Crippen molar-refractivity contribution in [1.82, 2.24) is 0 Å². The van der Waals surface area contributed by atoms with Gasteiger partial charge in [-0.15, -0.1) is 0 Å². The molecule has 0 spiro atoms. The van der Waals surface area contributed by atoms with E-state index in [4.69, 9.17) is 9.84 Å². The molecule has 28 heavy (non-hydrogen) atoms. The van der Waals surface area contributed by atoms with Crippen molar-refractivity contribution >= 4 is 11.9 Å². The van der Waals surface area contributed by atoms with Crippen LogP contribution in [-0.2, 0) is 14.3 Å². The second-order valence-electron chi connectivity index (χ2n) is 7.33. The number of aliphatic hydroxyl groups excluding tert-OH is 2. The van der Waals surface area contributed by atoms with Gasteiger partial charge in [0, 0.05) is 0 Å². The summed E-state index contributed by atoms with van der Waals surface area (Å²) in [6.45, 7) is 2.36. The van der Waals surface area contributed by atoms with Gasteiger partial charge in [-0.05, 0) is 6.42 Å². The molecular formula is C21H39KO6. The second-order valence-corrected chi connectivity index (χ2v) is 7.33. The Morgan fingerprint density at radius 3 is 1.43 bits per heavy atom. The fourth-order valence-corrected chi connectivity index (χ4v) is 2.99. The minimum atomic E-state index is -2.25. The summed E-state index contributed by atoms with van der Waals surface area (Å²) < 4.78 is 4.75. The molecule has 0 aliphatic rings. The van der Waals surface area contributed by atoms with E-state index >= 15 is 0 Å². The molecule has 0 bridgehead atoms. The van der Waals surface area contributed by atoms with Gasteiger partial charge in [0.1, 0.15) is 6.10 Å². The average molecular weight is 427 g/mol. The van der Waals surface area contributed by atoms with Crippen molar-refractivity contribution in [3.63, 3.8) is 0 Å². The standard InChI is InChI=1S/C21H40O6.K/c1-2-3-4-5-6-7-8-9-10-11-12-13-14-15-16-17-27-21(26)19(23)18(22)20(24)25;/h18-19,22-23H,2-17H2,1H3,(H,24,25);/q;+1/p-1. The zero-order valence-electron chi connectivity index (χ0n) is 18.0. The Balaban J connectivity index is 0. The first kappa shape index (κ1) is 30.7. The van der Waals surface area contributed by atoms with Crippen LogP contribution < -0.4 is 56.5 Å². The summed E-state index contributed by atoms with van der Waals surface area (Å²) in [6.07, 6.45) is 14.2. The number of carboxylic acids is 1. The monoisotopic (exact) mass is 426 g/mol. The SMILES string of the molecule is CCCCCCCCCCCCCCCCCOC(=O)C(O)C(O)C(=O)[O-].[K+]. The molecule has 0 amide bonds. The van der Waals surface area contributed by atoms with Crippen LogP contribution >= 0.6 is 0 Å². The molecule has 2 unspecified atom stereocenters. The van der Waals surface area contributed by atoms with Crippen LogP contribution in [0.3, 0.4) is 0 Å². The molecule has 0 aliphatic heterocycles. The van der Waals surface area contributed by atoms with Crippen LogP contribution in [0.4, 0.5) is 0 Å². The van der Waals surface area contributed by atoms with E-state index in [1.807, 2.05) is 0 Å². The van der Waals surface area contributed by atoms with Crippen molar-refractivity contribution in [1.29, 1.82) is 0 Å². The van der Waals surface area contributed by atoms with Crippen LogP contribution in [0.1, 0.15) is 103 Å². The number of esters is 1. The van der Waals surface area contributed by atoms with E-state index in [1.54, 1.807) is 0 Å². The molecule has 160 valence electrons. The molecule has 0 heterocycles. The number of unbranched alkanes of at least 4 members (excludes halogenated alkanes) is 14. The number of hydrogen-bond donors (Lipinski definition) is 2. The Hall–Kier alpha value is 0.496. The minimum absolute atomic E-state index is 0. The molecule has 0 aromatic carbocycles. The third kappa shape index (κ3) is 18.5. The van der Waals surface area contributed by atoms with Gasteiger partial charge in [-0.25, -0.2) is 4.79 Å². The zero-order chi connectivity index (χ0) is 20.3. The third-order valence-electron chi connectivity index (χ3n) is 4.77. The number of hydrogen-bond acceptors (Lipinski definition) is 6. The fraction of sp³-hybridized carbons (Fsp3) is 0.905. The maximum Gasteiger partial charge on any atom is 1.00 e. The van der Waals surface area contributed by atoms with Crippen molar-refractivity contribution in [2.24, 2.45) is 0 Å². The minimum Gasteiger partial charge on any atom is -0.547 e. The maximum atomic E-state index is 11.3. The summed E-state index contributed by atoms with van der Waals surface area (Å²) in [5.41, 5.74) is 0. The van der Waals surface area contributed by atoms with Gasteiger partial charge >= 0.3 is 57.4 Å². The summed E-state index contributed by atoms with van der Waals surface area (Å²) in [4.78, 5) is 21.7. The predicted octanol–water partition coefficient (Wildman–Crippen LogP) is -0.123. The predicted molar refractivity (Wildman–Crippen MR) is 103 cm³/mol. The first-order valence-corrected chi connectivity index (χ1v) is 10.7. The molecule has 0 radical (unpaired) electrons. The first-order chi connectivity index (χ1) is 13.0. The van der Waals surface area contributed by atoms with Crippen molar-refractivity contribution in [2.45, 2.75) is 115 Å². The Morgan fingerprint density at radius 2 is 1.07 bits per heavy atom. The number of ether oxygens (including phenoxy) is 1. The normalized spacial score (nSPS) is 12.8. The van der Waals surface area contributed by atoms with Crippen LogP contribution in [0.15, 0.2) is 0 Å². The van der Waals surface area contributed by atoms with Gasteiger partial charge in [-0.2, -0.15) is 0 Å². The molecular weight excluding hydrogens is 387 g/mol. The maximum absolute atomic E-state index is 11.3. The van der Waals surface area contributed by atoms with Gasteiger partial charge in [-0.1, -0.05) is 96.8 Å². The number of rotatable bonds is 19. The summed E-state index contributed by atoms with van der Waals surface area (Å²) >= 11 is 0. The Bertz CT molecular complexity index is 378. The van der Waals surface area contributed by atoms with E-state index in [-0.39, 0.29) is 58.0 Å². The summed E-state index contributed by atoms with van der Waals surface area (Å²) in [5.74, 6) is -3.02. The molecule has 0 aliphatic carbocycles. The average Bonchev–Trinajstić information content (AvgIpc) is 2.66. The van der Waals surface area contributed by atoms with E-state index in [2.05, 4.69) is 6.92 Å². The van der Waals surface area contributed by atoms with Gasteiger partial charge < -0.3 is 24.9 Å². The van der Waals surface area contributed by atoms with Crippen LogP contribution in [0, 0.1) is 0 Å². The van der Waals surface area contributed by atoms with Crippen molar-refractivity contribution in [3.8, 4) is 0 Å². The number of aliphatic hydroxyl groups is 2. The Morgan fingerprint density at radius 1 is 0.714 bits per heavy atom. The van der Waals surface area contributed by atoms with Crippen LogP contribution in [0.2, 0.25) is 0 Å². The molecule has 0 rings (SSSR count). The van der Waals surface area contributed by atoms with E-state index in [0.717, 1.165) is 19.3 Å². The van der Waals surface area contributed by atoms with Crippen LogP contribution in [0.5, 0.6) is 0 Å². The first-order valence-electron chi connectivity index (χ1n) is 10.7. The number of carboxylic acid groups (broad SMARTS) is 1. The van der Waals surface area contributed by atoms with E-state index in [9.17, 15) is 19.8 Å². The summed E-state index contributed by atoms with van der Waals surface area (Å²) in [5, 5.41) is 28.6. The smallest absolute Gasteiger partial charge is 0.547 e. The van der Waals surface area contributed by atoms with Gasteiger partial charge in [0.15, 0.2) is 6.10 Å². The fourth-order valence-electron chi connectivity index (χ4n) is 2.99. The topological polar surface area (TPSA) is 107 Å². The van der Waals surface area contributed by atoms with E-state index < -0.39 is 24.1 Å². The molecule has 0 saturated carbocycles. The van der Waals surface area contributed by atoms with Gasteiger partial charge in [0.25, 0.3) is 0 Å². The number of aliphatic carboxylic acids is 1. The summed E-state index contributed by atoms with van der Waals surface area (Å²) in [7, 11) is 0. The Kier molecular flexibility index (Phi) is 24.3. The molecule has 2 N–H and O–H groups in total. The second kappa shape index (κ2) is 22.2. The van der Waals surface area contributed by atoms with Crippen LogP contribution in [0.25, 0.3) is 0 Å². The van der Waals surface area contributed by atoms with Crippen molar-refractivity contribution in [2.75, 3.05) is 6.61 Å². The molecule has 0 fully saturated rings. The number of carbonyl (C=O) groups is 2. The van der Waals surface area contributed by atoms with Crippen molar-refractivity contribution < 1.29 is 81.0 Å². The van der Waals surface area contributed by atoms with Gasteiger partial charge in [0.2, 0.25) is 0 Å². The van der Waals surface area contributed by atoms with E-state index in [1.165, 1.54) is 70.6 Å². The number of carbonyl (C=O) groups excluding carboxylic acids is 2. The molecule has 6 nitrogen and oxygen atoms in total. The molecule has 0 saturated heterocycles. The molecule has 2 atom stereocenters. The molecule has 7 heteroatoms. The molecule has 0 aromatic heterocycles. The van der Waals surface area contributed by atoms with E-state index in [0.29, 0.717) is 6.42 Å². The van der Waals surface area contributed by atoms with Crippen molar-refractivity contribution in [3.05, 3.63) is 0 Å². The quantitative estimate of drug-likeness (QED) is 0.169. The van der Waals surface area contributed by atoms with Crippen LogP contribution in [-0.4, -0.2) is 41.0 Å². The molecule has 0 aromatic rings. The van der Waals surface area contributed by atoms with Gasteiger partial charge in [-0.3, -0.25) is 0 Å².